The van der Waals surface area contributed by atoms with E-state index in [9.17, 15) is 8.42 Å². The van der Waals surface area contributed by atoms with Crippen LogP contribution in [0.25, 0.3) is 5.82 Å². The molecule has 1 atom stereocenters. The summed E-state index contributed by atoms with van der Waals surface area (Å²) in [6.07, 6.45) is 6.87. The first-order chi connectivity index (χ1) is 9.97. The average Bonchev–Trinajstić information content (AvgIpc) is 2.88. The van der Waals surface area contributed by atoms with Crippen molar-refractivity contribution in [2.45, 2.75) is 19.1 Å². The van der Waals surface area contributed by atoms with Crippen molar-refractivity contribution in [2.24, 2.45) is 0 Å². The van der Waals surface area contributed by atoms with E-state index in [1.54, 1.807) is 25.5 Å². The highest BCUT2D eigenvalue weighted by atomic mass is 32.2. The quantitative estimate of drug-likeness (QED) is 0.808. The number of sulfone groups is 1. The van der Waals surface area contributed by atoms with Crippen molar-refractivity contribution in [2.75, 3.05) is 23.7 Å². The van der Waals surface area contributed by atoms with E-state index in [0.717, 1.165) is 5.82 Å². The van der Waals surface area contributed by atoms with Crippen LogP contribution in [0.3, 0.4) is 0 Å². The third-order valence-electron chi connectivity index (χ3n) is 3.74. The Balaban J connectivity index is 1.89. The Morgan fingerprint density at radius 1 is 1.29 bits per heavy atom. The third kappa shape index (κ3) is 2.63. The van der Waals surface area contributed by atoms with E-state index in [0.29, 0.717) is 24.7 Å². The number of imidazole rings is 1. The van der Waals surface area contributed by atoms with Gasteiger partial charge in [0, 0.05) is 25.5 Å². The number of hydrogen-bond acceptors (Lipinski definition) is 6. The molecular weight excluding hydrogens is 290 g/mol. The van der Waals surface area contributed by atoms with Gasteiger partial charge in [0.1, 0.15) is 11.6 Å². The van der Waals surface area contributed by atoms with Crippen molar-refractivity contribution >= 4 is 15.7 Å². The number of aryl methyl sites for hydroxylation is 1. The second-order valence-electron chi connectivity index (χ2n) is 5.20. The fourth-order valence-corrected chi connectivity index (χ4v) is 3.68. The lowest BCUT2D eigenvalue weighted by atomic mass is 10.4. The summed E-state index contributed by atoms with van der Waals surface area (Å²) in [4.78, 5) is 14.9. The Morgan fingerprint density at radius 3 is 2.71 bits per heavy atom. The van der Waals surface area contributed by atoms with Crippen LogP contribution < -0.4 is 4.90 Å². The zero-order chi connectivity index (χ0) is 15.0. The molecule has 2 aromatic rings. The van der Waals surface area contributed by atoms with Crippen LogP contribution >= 0.6 is 0 Å². The van der Waals surface area contributed by atoms with Gasteiger partial charge >= 0.3 is 0 Å². The first-order valence-electron chi connectivity index (χ1n) is 6.76. The predicted molar refractivity (Wildman–Crippen MR) is 79.4 cm³/mol. The molecule has 0 N–H and O–H groups in total. The standard InChI is InChI=1S/C13H17N5O2S/c1-10-9-17(5-6-21(10,19)20)12-7-14-8-13(16-12)18-4-3-15-11(18)2/h3-4,7-8,10H,5-6,9H2,1-2H3. The van der Waals surface area contributed by atoms with E-state index in [-0.39, 0.29) is 11.0 Å². The van der Waals surface area contributed by atoms with Gasteiger partial charge in [0.25, 0.3) is 0 Å². The van der Waals surface area contributed by atoms with Gasteiger partial charge in [-0.2, -0.15) is 0 Å². The van der Waals surface area contributed by atoms with Gasteiger partial charge in [-0.15, -0.1) is 0 Å². The van der Waals surface area contributed by atoms with Crippen molar-refractivity contribution in [1.82, 2.24) is 19.5 Å². The number of rotatable bonds is 2. The molecule has 8 heteroatoms. The summed E-state index contributed by atoms with van der Waals surface area (Å²) in [6.45, 7) is 4.53. The molecule has 3 rings (SSSR count). The van der Waals surface area contributed by atoms with Gasteiger partial charge in [-0.25, -0.2) is 18.4 Å². The number of nitrogens with zero attached hydrogens (tertiary/aromatic N) is 5. The predicted octanol–water partition coefficient (Wildman–Crippen LogP) is 0.594. The molecule has 2 aromatic heterocycles. The lowest BCUT2D eigenvalue weighted by Gasteiger charge is -2.31. The second-order valence-corrected chi connectivity index (χ2v) is 7.74. The van der Waals surface area contributed by atoms with Gasteiger partial charge in [-0.1, -0.05) is 0 Å². The van der Waals surface area contributed by atoms with Crippen molar-refractivity contribution in [3.63, 3.8) is 0 Å². The Hall–Kier alpha value is -1.96. The van der Waals surface area contributed by atoms with Crippen LogP contribution in [-0.2, 0) is 9.84 Å². The third-order valence-corrected chi connectivity index (χ3v) is 5.87. The Morgan fingerprint density at radius 2 is 2.05 bits per heavy atom. The molecule has 0 spiro atoms. The fourth-order valence-electron chi connectivity index (χ4n) is 2.40. The van der Waals surface area contributed by atoms with Gasteiger partial charge < -0.3 is 4.90 Å². The Kier molecular flexibility index (Phi) is 3.40. The molecule has 0 bridgehead atoms. The van der Waals surface area contributed by atoms with Crippen LogP contribution in [0.4, 0.5) is 5.82 Å². The summed E-state index contributed by atoms with van der Waals surface area (Å²) in [5.74, 6) is 2.37. The van der Waals surface area contributed by atoms with Gasteiger partial charge in [0.05, 0.1) is 23.4 Å². The van der Waals surface area contributed by atoms with Gasteiger partial charge in [-0.05, 0) is 13.8 Å². The topological polar surface area (TPSA) is 81.0 Å². The first-order valence-corrected chi connectivity index (χ1v) is 8.48. The van der Waals surface area contributed by atoms with Crippen LogP contribution in [0.15, 0.2) is 24.8 Å². The monoisotopic (exact) mass is 307 g/mol. The van der Waals surface area contributed by atoms with E-state index in [1.807, 2.05) is 22.6 Å². The van der Waals surface area contributed by atoms with Crippen molar-refractivity contribution in [3.8, 4) is 5.82 Å². The summed E-state index contributed by atoms with van der Waals surface area (Å²) < 4.78 is 25.4. The maximum atomic E-state index is 11.8. The van der Waals surface area contributed by atoms with Crippen molar-refractivity contribution in [1.29, 1.82) is 0 Å². The molecule has 7 nitrogen and oxygen atoms in total. The maximum Gasteiger partial charge on any atom is 0.159 e. The molecule has 0 radical (unpaired) electrons. The van der Waals surface area contributed by atoms with Crippen LogP contribution in [0.1, 0.15) is 12.7 Å². The molecule has 1 aliphatic heterocycles. The lowest BCUT2D eigenvalue weighted by molar-refractivity contribution is 0.568. The number of anilines is 1. The van der Waals surface area contributed by atoms with Crippen LogP contribution in [-0.4, -0.2) is 52.0 Å². The van der Waals surface area contributed by atoms with Gasteiger partial charge in [-0.3, -0.25) is 9.55 Å². The molecule has 1 unspecified atom stereocenters. The molecule has 0 saturated carbocycles. The summed E-state index contributed by atoms with van der Waals surface area (Å²) in [7, 11) is -2.97. The highest BCUT2D eigenvalue weighted by Crippen LogP contribution is 2.19. The molecule has 112 valence electrons. The van der Waals surface area contributed by atoms with Crippen molar-refractivity contribution < 1.29 is 8.42 Å². The summed E-state index contributed by atoms with van der Waals surface area (Å²) in [5.41, 5.74) is 0. The van der Waals surface area contributed by atoms with Gasteiger partial charge in [0.2, 0.25) is 0 Å². The van der Waals surface area contributed by atoms with Crippen LogP contribution in [0, 0.1) is 6.92 Å². The number of hydrogen-bond donors (Lipinski definition) is 0. The minimum absolute atomic E-state index is 0.157. The molecule has 1 fully saturated rings. The number of aromatic nitrogens is 4. The van der Waals surface area contributed by atoms with Crippen molar-refractivity contribution in [3.05, 3.63) is 30.6 Å². The summed E-state index contributed by atoms with van der Waals surface area (Å²) >= 11 is 0. The van der Waals surface area contributed by atoms with E-state index in [1.165, 1.54) is 0 Å². The average molecular weight is 307 g/mol. The first kappa shape index (κ1) is 14.0. The Bertz CT molecular complexity index is 755. The Labute approximate surface area is 123 Å². The molecule has 21 heavy (non-hydrogen) atoms. The molecular formula is C13H17N5O2S. The fraction of sp³-hybridized carbons (Fsp3) is 0.462. The normalized spacial score (nSPS) is 21.4. The highest BCUT2D eigenvalue weighted by Gasteiger charge is 2.30. The SMILES string of the molecule is Cc1nccn1-c1cncc(N2CCS(=O)(=O)C(C)C2)n1. The highest BCUT2D eigenvalue weighted by molar-refractivity contribution is 7.92. The summed E-state index contributed by atoms with van der Waals surface area (Å²) in [5, 5.41) is -0.383. The largest absolute Gasteiger partial charge is 0.353 e. The molecule has 0 aromatic carbocycles. The minimum Gasteiger partial charge on any atom is -0.353 e. The molecule has 1 saturated heterocycles. The zero-order valence-electron chi connectivity index (χ0n) is 12.0. The van der Waals surface area contributed by atoms with E-state index < -0.39 is 9.84 Å². The molecule has 3 heterocycles. The smallest absolute Gasteiger partial charge is 0.159 e. The van der Waals surface area contributed by atoms with Crippen LogP contribution in [0.2, 0.25) is 0 Å². The molecule has 0 aliphatic carbocycles. The second kappa shape index (κ2) is 5.10. The molecule has 0 amide bonds. The van der Waals surface area contributed by atoms with E-state index in [4.69, 9.17) is 0 Å². The van der Waals surface area contributed by atoms with E-state index in [2.05, 4.69) is 15.0 Å². The summed E-state index contributed by atoms with van der Waals surface area (Å²) in [6, 6.07) is 0. The maximum absolute atomic E-state index is 11.8. The lowest BCUT2D eigenvalue weighted by Crippen LogP contribution is -2.46. The minimum atomic E-state index is -2.97. The molecule has 1 aliphatic rings. The van der Waals surface area contributed by atoms with Crippen LogP contribution in [0.5, 0.6) is 0 Å². The van der Waals surface area contributed by atoms with Gasteiger partial charge in [0.15, 0.2) is 15.7 Å². The van der Waals surface area contributed by atoms with E-state index >= 15 is 0 Å². The zero-order valence-corrected chi connectivity index (χ0v) is 12.8.